The quantitative estimate of drug-likeness (QED) is 0.390. The van der Waals surface area contributed by atoms with Crippen LogP contribution in [-0.4, -0.2) is 12.3 Å². The van der Waals surface area contributed by atoms with E-state index in [9.17, 15) is 0 Å². The van der Waals surface area contributed by atoms with Crippen molar-refractivity contribution in [3.05, 3.63) is 0 Å². The van der Waals surface area contributed by atoms with Gasteiger partial charge in [0.2, 0.25) is 0 Å². The molecule has 0 amide bonds. The minimum atomic E-state index is -1.33. The van der Waals surface area contributed by atoms with Gasteiger partial charge in [0, 0.05) is 4.95 Å². The van der Waals surface area contributed by atoms with Crippen LogP contribution in [0.4, 0.5) is 0 Å². The molecule has 0 radical (unpaired) electrons. The van der Waals surface area contributed by atoms with E-state index in [1.807, 2.05) is 0 Å². The molecular formula is C7H16BrClSi. The molecule has 0 aromatic heterocycles. The van der Waals surface area contributed by atoms with Gasteiger partial charge in [0.25, 0.3) is 0 Å². The summed E-state index contributed by atoms with van der Waals surface area (Å²) in [4.78, 5) is 1.06. The third-order valence-electron chi connectivity index (χ3n) is 1.64. The Hall–Kier alpha value is 0.987. The second-order valence-electron chi connectivity index (χ2n) is 2.78. The Morgan fingerprint density at radius 2 is 1.60 bits per heavy atom. The summed E-state index contributed by atoms with van der Waals surface area (Å²) in [6.07, 6.45) is 2.47. The highest BCUT2D eigenvalue weighted by Crippen LogP contribution is 2.25. The molecule has 0 N–H and O–H groups in total. The van der Waals surface area contributed by atoms with Crippen LogP contribution < -0.4 is 0 Å². The summed E-state index contributed by atoms with van der Waals surface area (Å²) in [5.74, 6) is 0. The van der Waals surface area contributed by atoms with Gasteiger partial charge in [0.1, 0.15) is 0 Å². The molecule has 0 aromatic rings. The topological polar surface area (TPSA) is 0 Å². The number of rotatable bonds is 5. The van der Waals surface area contributed by atoms with Crippen LogP contribution in [0.1, 0.15) is 26.7 Å². The Morgan fingerprint density at radius 1 is 1.20 bits per heavy atom. The van der Waals surface area contributed by atoms with Crippen LogP contribution in [0.25, 0.3) is 0 Å². The number of hydrogen-bond acceptors (Lipinski definition) is 0. The maximum atomic E-state index is 6.42. The molecule has 0 atom stereocenters. The molecule has 0 fully saturated rings. The van der Waals surface area contributed by atoms with E-state index in [1.54, 1.807) is 0 Å². The molecular weight excluding hydrogens is 228 g/mol. The van der Waals surface area contributed by atoms with Crippen molar-refractivity contribution in [1.29, 1.82) is 0 Å². The highest BCUT2D eigenvalue weighted by atomic mass is 79.9. The smallest absolute Gasteiger partial charge is 0.166 e. The molecule has 0 nitrogen and oxygen atoms in total. The fourth-order valence-corrected chi connectivity index (χ4v) is 6.28. The Balaban J connectivity index is 3.69. The summed E-state index contributed by atoms with van der Waals surface area (Å²) < 4.78 is 0. The first-order valence-corrected chi connectivity index (χ1v) is 8.69. The lowest BCUT2D eigenvalue weighted by Gasteiger charge is -2.19. The summed E-state index contributed by atoms with van der Waals surface area (Å²) >= 11 is 9.92. The van der Waals surface area contributed by atoms with Crippen molar-refractivity contribution in [2.75, 3.05) is 4.95 Å². The van der Waals surface area contributed by atoms with Crippen LogP contribution in [0.3, 0.4) is 0 Å². The van der Waals surface area contributed by atoms with Crippen LogP contribution in [0.15, 0.2) is 0 Å². The first-order valence-electron chi connectivity index (χ1n) is 3.93. The first-order chi connectivity index (χ1) is 4.68. The number of halogens is 2. The third-order valence-corrected chi connectivity index (χ3v) is 10.6. The van der Waals surface area contributed by atoms with Crippen molar-refractivity contribution < 1.29 is 0 Å². The van der Waals surface area contributed by atoms with Crippen molar-refractivity contribution in [2.45, 2.75) is 38.8 Å². The van der Waals surface area contributed by atoms with E-state index in [4.69, 9.17) is 11.1 Å². The van der Waals surface area contributed by atoms with E-state index >= 15 is 0 Å². The molecule has 0 aliphatic carbocycles. The zero-order valence-corrected chi connectivity index (χ0v) is 10.1. The largest absolute Gasteiger partial charge is 0.166 e. The van der Waals surface area contributed by atoms with Crippen LogP contribution in [0.5, 0.6) is 0 Å². The van der Waals surface area contributed by atoms with E-state index < -0.39 is 7.38 Å². The lowest BCUT2D eigenvalue weighted by atomic mass is 10.6. The molecule has 62 valence electrons. The highest BCUT2D eigenvalue weighted by molar-refractivity contribution is 9.09. The van der Waals surface area contributed by atoms with E-state index in [-0.39, 0.29) is 0 Å². The number of hydrogen-bond donors (Lipinski definition) is 0. The third kappa shape index (κ3) is 3.99. The van der Waals surface area contributed by atoms with Gasteiger partial charge in [0.15, 0.2) is 7.38 Å². The predicted molar refractivity (Wildman–Crippen MR) is 55.6 cm³/mol. The maximum Gasteiger partial charge on any atom is 0.166 e. The fraction of sp³-hybridized carbons (Fsp3) is 1.00. The minimum Gasteiger partial charge on any atom is -0.166 e. The monoisotopic (exact) mass is 242 g/mol. The van der Waals surface area contributed by atoms with Gasteiger partial charge in [-0.3, -0.25) is 0 Å². The van der Waals surface area contributed by atoms with E-state index in [0.29, 0.717) is 0 Å². The zero-order chi connectivity index (χ0) is 8.04. The molecule has 0 unspecified atom stereocenters. The van der Waals surface area contributed by atoms with E-state index in [1.165, 1.54) is 24.9 Å². The molecule has 3 heteroatoms. The van der Waals surface area contributed by atoms with Gasteiger partial charge in [-0.15, -0.1) is 0 Å². The van der Waals surface area contributed by atoms with Crippen molar-refractivity contribution in [1.82, 2.24) is 0 Å². The van der Waals surface area contributed by atoms with Crippen molar-refractivity contribution in [3.63, 3.8) is 0 Å². The van der Waals surface area contributed by atoms with Gasteiger partial charge in [-0.2, -0.15) is 11.1 Å². The SMILES string of the molecule is CCC[Si](Cl)(CBr)CCC. The molecule has 0 aromatic carbocycles. The Kier molecular flexibility index (Phi) is 6.17. The Morgan fingerprint density at radius 3 is 1.80 bits per heavy atom. The van der Waals surface area contributed by atoms with Gasteiger partial charge < -0.3 is 0 Å². The average molecular weight is 244 g/mol. The second kappa shape index (κ2) is 5.61. The lowest BCUT2D eigenvalue weighted by Crippen LogP contribution is -2.28. The highest BCUT2D eigenvalue weighted by Gasteiger charge is 2.26. The molecule has 0 rings (SSSR count). The average Bonchev–Trinajstić information content (AvgIpc) is 1.89. The van der Waals surface area contributed by atoms with Gasteiger partial charge >= 0.3 is 0 Å². The van der Waals surface area contributed by atoms with E-state index in [0.717, 1.165) is 4.95 Å². The van der Waals surface area contributed by atoms with Gasteiger partial charge in [-0.05, 0) is 12.1 Å². The van der Waals surface area contributed by atoms with Crippen LogP contribution >= 0.6 is 27.0 Å². The molecule has 0 heterocycles. The predicted octanol–water partition coefficient (Wildman–Crippen LogP) is 3.92. The van der Waals surface area contributed by atoms with Crippen LogP contribution in [-0.2, 0) is 0 Å². The molecule has 0 aliphatic heterocycles. The molecule has 10 heavy (non-hydrogen) atoms. The van der Waals surface area contributed by atoms with Crippen LogP contribution in [0.2, 0.25) is 12.1 Å². The molecule has 0 aliphatic rings. The van der Waals surface area contributed by atoms with Crippen molar-refractivity contribution >= 4 is 34.4 Å². The molecule has 0 saturated carbocycles. The fourth-order valence-electron chi connectivity index (χ4n) is 1.15. The maximum absolute atomic E-state index is 6.42. The van der Waals surface area contributed by atoms with E-state index in [2.05, 4.69) is 29.8 Å². The second-order valence-corrected chi connectivity index (χ2v) is 10.4. The molecule has 0 bridgehead atoms. The standard InChI is InChI=1S/C7H16BrClSi/c1-3-5-10(9,7-8)6-4-2/h3-7H2,1-2H3. The van der Waals surface area contributed by atoms with Gasteiger partial charge in [-0.25, -0.2) is 0 Å². The summed E-state index contributed by atoms with van der Waals surface area (Å²) in [6, 6.07) is 2.52. The summed E-state index contributed by atoms with van der Waals surface area (Å²) in [5, 5.41) is 0. The lowest BCUT2D eigenvalue weighted by molar-refractivity contribution is 0.998. The summed E-state index contributed by atoms with van der Waals surface area (Å²) in [6.45, 7) is 4.42. The normalized spacial score (nSPS) is 12.0. The minimum absolute atomic E-state index is 1.06. The van der Waals surface area contributed by atoms with Gasteiger partial charge in [0.05, 0.1) is 0 Å². The molecule has 0 saturated heterocycles. The molecule has 0 spiro atoms. The van der Waals surface area contributed by atoms with Crippen molar-refractivity contribution in [3.8, 4) is 0 Å². The Labute approximate surface area is 78.2 Å². The van der Waals surface area contributed by atoms with Gasteiger partial charge in [-0.1, -0.05) is 42.6 Å². The summed E-state index contributed by atoms with van der Waals surface area (Å²) in [7, 11) is -1.33. The Bertz CT molecular complexity index is 81.7. The summed E-state index contributed by atoms with van der Waals surface area (Å²) in [5.41, 5.74) is 0. The first kappa shape index (κ1) is 11.0. The zero-order valence-electron chi connectivity index (χ0n) is 6.79. The van der Waals surface area contributed by atoms with Crippen molar-refractivity contribution in [2.24, 2.45) is 0 Å². The number of alkyl halides is 1. The van der Waals surface area contributed by atoms with Crippen LogP contribution in [0, 0.1) is 0 Å².